The van der Waals surface area contributed by atoms with Gasteiger partial charge in [0.25, 0.3) is 5.69 Å². The van der Waals surface area contributed by atoms with Crippen molar-refractivity contribution < 1.29 is 9.72 Å². The van der Waals surface area contributed by atoms with Crippen molar-refractivity contribution in [3.8, 4) is 0 Å². The highest BCUT2D eigenvalue weighted by Crippen LogP contribution is 2.27. The normalized spacial score (nSPS) is 9.71. The van der Waals surface area contributed by atoms with E-state index in [9.17, 15) is 14.9 Å². The maximum atomic E-state index is 10.5. The van der Waals surface area contributed by atoms with Crippen LogP contribution in [0.4, 0.5) is 5.69 Å². The number of nitrogens with two attached hydrogens (primary N) is 1. The van der Waals surface area contributed by atoms with Gasteiger partial charge in [0.15, 0.2) is 0 Å². The molecule has 0 heterocycles. The molecular formula is C8H8N2O3S. The zero-order valence-electron chi connectivity index (χ0n) is 7.17. The van der Waals surface area contributed by atoms with Crippen LogP contribution in [-0.4, -0.2) is 16.6 Å². The van der Waals surface area contributed by atoms with Gasteiger partial charge in [-0.05, 0) is 6.07 Å². The molecule has 6 heteroatoms. The first kappa shape index (κ1) is 10.5. The highest BCUT2D eigenvalue weighted by Gasteiger charge is 2.12. The number of hydrogen-bond acceptors (Lipinski definition) is 4. The maximum Gasteiger partial charge on any atom is 0.282 e. The molecule has 14 heavy (non-hydrogen) atoms. The van der Waals surface area contributed by atoms with E-state index < -0.39 is 10.8 Å². The lowest BCUT2D eigenvalue weighted by molar-refractivity contribution is -0.387. The molecule has 0 unspecified atom stereocenters. The molecule has 74 valence electrons. The Balaban J connectivity index is 2.84. The Morgan fingerprint density at radius 3 is 2.71 bits per heavy atom. The number of para-hydroxylation sites is 1. The molecule has 0 aromatic heterocycles. The highest BCUT2D eigenvalue weighted by molar-refractivity contribution is 8.00. The Kier molecular flexibility index (Phi) is 3.47. The predicted molar refractivity (Wildman–Crippen MR) is 53.0 cm³/mol. The standard InChI is InChI=1S/C8H8N2O3S/c9-8(11)5-14-7-4-2-1-3-6(7)10(12)13/h1-4H,5H2,(H2,9,11). The van der Waals surface area contributed by atoms with Gasteiger partial charge in [0.05, 0.1) is 15.6 Å². The van der Waals surface area contributed by atoms with Gasteiger partial charge in [-0.15, -0.1) is 11.8 Å². The fourth-order valence-electron chi connectivity index (χ4n) is 0.879. The Hall–Kier alpha value is -1.56. The summed E-state index contributed by atoms with van der Waals surface area (Å²) in [6, 6.07) is 6.23. The van der Waals surface area contributed by atoms with Crippen molar-refractivity contribution in [2.75, 3.05) is 5.75 Å². The third-order valence-corrected chi connectivity index (χ3v) is 2.52. The summed E-state index contributed by atoms with van der Waals surface area (Å²) in [6.07, 6.45) is 0. The molecular weight excluding hydrogens is 204 g/mol. The Bertz CT molecular complexity index is 367. The van der Waals surface area contributed by atoms with Gasteiger partial charge in [0, 0.05) is 6.07 Å². The SMILES string of the molecule is NC(=O)CSc1ccccc1[N+](=O)[O-]. The molecule has 1 rings (SSSR count). The minimum Gasteiger partial charge on any atom is -0.369 e. The molecule has 0 fully saturated rings. The lowest BCUT2D eigenvalue weighted by Gasteiger charge is -1.99. The Labute approximate surface area is 84.4 Å². The van der Waals surface area contributed by atoms with Gasteiger partial charge in [0.2, 0.25) is 5.91 Å². The minimum absolute atomic E-state index is 0.00116. The van der Waals surface area contributed by atoms with Crippen LogP contribution in [0.1, 0.15) is 0 Å². The van der Waals surface area contributed by atoms with Gasteiger partial charge in [0.1, 0.15) is 0 Å². The van der Waals surface area contributed by atoms with Crippen molar-refractivity contribution in [1.82, 2.24) is 0 Å². The number of carbonyl (C=O) groups is 1. The van der Waals surface area contributed by atoms with Crippen LogP contribution in [0.3, 0.4) is 0 Å². The summed E-state index contributed by atoms with van der Waals surface area (Å²) in [6.45, 7) is 0. The average molecular weight is 212 g/mol. The lowest BCUT2D eigenvalue weighted by atomic mass is 10.3. The van der Waals surface area contributed by atoms with Gasteiger partial charge >= 0.3 is 0 Å². The van der Waals surface area contributed by atoms with Crippen LogP contribution < -0.4 is 5.73 Å². The molecule has 1 aromatic carbocycles. The first-order valence-corrected chi connectivity index (χ1v) is 4.74. The van der Waals surface area contributed by atoms with Crippen LogP contribution in [0.25, 0.3) is 0 Å². The molecule has 0 spiro atoms. The number of nitrogens with zero attached hydrogens (tertiary/aromatic N) is 1. The van der Waals surface area contributed by atoms with E-state index >= 15 is 0 Å². The fraction of sp³-hybridized carbons (Fsp3) is 0.125. The number of rotatable bonds is 4. The smallest absolute Gasteiger partial charge is 0.282 e. The molecule has 0 atom stereocenters. The zero-order valence-corrected chi connectivity index (χ0v) is 7.99. The van der Waals surface area contributed by atoms with Gasteiger partial charge < -0.3 is 5.73 Å². The van der Waals surface area contributed by atoms with Gasteiger partial charge in [-0.2, -0.15) is 0 Å². The maximum absolute atomic E-state index is 10.5. The molecule has 1 amide bonds. The van der Waals surface area contributed by atoms with Crippen molar-refractivity contribution in [2.45, 2.75) is 4.90 Å². The molecule has 0 aliphatic rings. The summed E-state index contributed by atoms with van der Waals surface area (Å²) in [4.78, 5) is 21.0. The summed E-state index contributed by atoms with van der Waals surface area (Å²) in [5.74, 6) is -0.446. The van der Waals surface area contributed by atoms with Gasteiger partial charge in [-0.1, -0.05) is 12.1 Å². The van der Waals surface area contributed by atoms with E-state index in [4.69, 9.17) is 5.73 Å². The van der Waals surface area contributed by atoms with Gasteiger partial charge in [-0.25, -0.2) is 0 Å². The number of benzene rings is 1. The summed E-state index contributed by atoms with van der Waals surface area (Å²) in [5, 5.41) is 10.5. The second-order valence-corrected chi connectivity index (χ2v) is 3.50. The molecule has 0 saturated carbocycles. The van der Waals surface area contributed by atoms with Crippen LogP contribution in [0.5, 0.6) is 0 Å². The van der Waals surface area contributed by atoms with Crippen LogP contribution in [0, 0.1) is 10.1 Å². The van der Waals surface area contributed by atoms with Crippen molar-refractivity contribution in [3.05, 3.63) is 34.4 Å². The van der Waals surface area contributed by atoms with E-state index in [1.165, 1.54) is 6.07 Å². The number of thioether (sulfide) groups is 1. The molecule has 0 aliphatic carbocycles. The van der Waals surface area contributed by atoms with E-state index in [-0.39, 0.29) is 11.4 Å². The minimum atomic E-state index is -0.492. The third-order valence-electron chi connectivity index (χ3n) is 1.43. The first-order chi connectivity index (χ1) is 6.61. The number of amides is 1. The van der Waals surface area contributed by atoms with E-state index in [0.29, 0.717) is 4.90 Å². The van der Waals surface area contributed by atoms with E-state index in [2.05, 4.69) is 0 Å². The summed E-state index contributed by atoms with van der Waals surface area (Å²) in [7, 11) is 0. The van der Waals surface area contributed by atoms with E-state index in [1.807, 2.05) is 0 Å². The zero-order chi connectivity index (χ0) is 10.6. The molecule has 0 bridgehead atoms. The number of nitro benzene ring substituents is 1. The second kappa shape index (κ2) is 4.61. The predicted octanol–water partition coefficient (Wildman–Crippen LogP) is 1.17. The average Bonchev–Trinajstić information content (AvgIpc) is 2.15. The summed E-state index contributed by atoms with van der Waals surface area (Å²) < 4.78 is 0. The van der Waals surface area contributed by atoms with Gasteiger partial charge in [-0.3, -0.25) is 14.9 Å². The fourth-order valence-corrected chi connectivity index (χ4v) is 1.64. The van der Waals surface area contributed by atoms with Crippen LogP contribution in [0.15, 0.2) is 29.2 Å². The molecule has 5 nitrogen and oxygen atoms in total. The first-order valence-electron chi connectivity index (χ1n) is 3.76. The largest absolute Gasteiger partial charge is 0.369 e. The van der Waals surface area contributed by atoms with Crippen molar-refractivity contribution >= 4 is 23.4 Å². The van der Waals surface area contributed by atoms with Crippen molar-refractivity contribution in [3.63, 3.8) is 0 Å². The Morgan fingerprint density at radius 2 is 2.14 bits per heavy atom. The molecule has 0 aliphatic heterocycles. The number of carbonyl (C=O) groups excluding carboxylic acids is 1. The topological polar surface area (TPSA) is 86.2 Å². The number of hydrogen-bond donors (Lipinski definition) is 1. The monoisotopic (exact) mass is 212 g/mol. The lowest BCUT2D eigenvalue weighted by Crippen LogP contribution is -2.13. The van der Waals surface area contributed by atoms with Crippen molar-refractivity contribution in [1.29, 1.82) is 0 Å². The molecule has 0 saturated heterocycles. The quantitative estimate of drug-likeness (QED) is 0.461. The molecule has 0 radical (unpaired) electrons. The number of primary amides is 1. The second-order valence-electron chi connectivity index (χ2n) is 2.48. The third kappa shape index (κ3) is 2.74. The highest BCUT2D eigenvalue weighted by atomic mass is 32.2. The Morgan fingerprint density at radius 1 is 1.50 bits per heavy atom. The van der Waals surface area contributed by atoms with Crippen LogP contribution in [-0.2, 0) is 4.79 Å². The van der Waals surface area contributed by atoms with Crippen LogP contribution in [0.2, 0.25) is 0 Å². The van der Waals surface area contributed by atoms with E-state index in [0.717, 1.165) is 11.8 Å². The van der Waals surface area contributed by atoms with Crippen LogP contribution >= 0.6 is 11.8 Å². The molecule has 1 aromatic rings. The van der Waals surface area contributed by atoms with E-state index in [1.54, 1.807) is 18.2 Å². The summed E-state index contributed by atoms with van der Waals surface area (Å²) in [5.41, 5.74) is 4.94. The van der Waals surface area contributed by atoms with Crippen molar-refractivity contribution in [2.24, 2.45) is 5.73 Å². The summed E-state index contributed by atoms with van der Waals surface area (Å²) >= 11 is 1.07. The number of nitro groups is 1. The molecule has 2 N–H and O–H groups in total.